The van der Waals surface area contributed by atoms with Crippen molar-refractivity contribution in [2.75, 3.05) is 0 Å². The van der Waals surface area contributed by atoms with Gasteiger partial charge in [-0.25, -0.2) is 10.1 Å². The molecule has 1 rings (SSSR count). The zero-order valence-electron chi connectivity index (χ0n) is 6.32. The fraction of sp³-hybridized carbons (Fsp3) is 0. The fourth-order valence-corrected chi connectivity index (χ4v) is 0.847. The zero-order chi connectivity index (χ0) is 9.84. The Morgan fingerprint density at radius 1 is 1.23 bits per heavy atom. The van der Waals surface area contributed by atoms with Crippen molar-refractivity contribution < 1.29 is 9.89 Å². The van der Waals surface area contributed by atoms with Crippen LogP contribution in [-0.2, 0) is 0 Å². The normalized spacial score (nSPS) is 11.3. The van der Waals surface area contributed by atoms with Crippen LogP contribution in [0.3, 0.4) is 0 Å². The molecule has 6 nitrogen and oxygen atoms in total. The average Bonchev–Trinajstić information content (AvgIpc) is 2.04. The van der Waals surface area contributed by atoms with Crippen molar-refractivity contribution in [2.24, 2.45) is 5.22 Å². The average molecular weight is 199 g/mol. The van der Waals surface area contributed by atoms with E-state index in [9.17, 15) is 15.3 Å². The highest BCUT2D eigenvalue weighted by atomic mass is 32.1. The molecule has 68 valence electrons. The molecule has 0 aliphatic rings. The molecule has 0 saturated heterocycles. The highest BCUT2D eigenvalue weighted by Gasteiger charge is 2.07. The van der Waals surface area contributed by atoms with Crippen LogP contribution in [0, 0.1) is 15.3 Å². The van der Waals surface area contributed by atoms with Gasteiger partial charge in [0.2, 0.25) is 0 Å². The molecule has 0 radical (unpaired) electrons. The largest absolute Gasteiger partial charge is 0.590 e. The lowest BCUT2D eigenvalue weighted by molar-refractivity contribution is -0.642. The molecule has 0 unspecified atom stereocenters. The summed E-state index contributed by atoms with van der Waals surface area (Å²) >= 11 is 3.98. The SMILES string of the molecule is O=[N+]([O-])/N=[N+](\[O-])c1ccc(S)cc1. The Morgan fingerprint density at radius 3 is 2.23 bits per heavy atom. The van der Waals surface area contributed by atoms with Crippen LogP contribution in [0.25, 0.3) is 0 Å². The summed E-state index contributed by atoms with van der Waals surface area (Å²) in [6, 6.07) is 5.86. The molecule has 0 bridgehead atoms. The van der Waals surface area contributed by atoms with Gasteiger partial charge in [-0.05, 0) is 12.1 Å². The highest BCUT2D eigenvalue weighted by molar-refractivity contribution is 7.80. The lowest BCUT2D eigenvalue weighted by Gasteiger charge is -1.94. The number of benzene rings is 1. The number of thiol groups is 1. The molecule has 0 saturated carbocycles. The minimum Gasteiger partial charge on any atom is -0.590 e. The Kier molecular flexibility index (Phi) is 2.80. The second-order valence-corrected chi connectivity index (χ2v) is 2.63. The van der Waals surface area contributed by atoms with E-state index in [4.69, 9.17) is 0 Å². The smallest absolute Gasteiger partial charge is 0.349 e. The predicted octanol–water partition coefficient (Wildman–Crippen LogP) is 1.76. The second kappa shape index (κ2) is 3.85. The number of nitro groups is 1. The summed E-state index contributed by atoms with van der Waals surface area (Å²) in [4.78, 5) is 10.4. The predicted molar refractivity (Wildman–Crippen MR) is 46.4 cm³/mol. The van der Waals surface area contributed by atoms with Crippen molar-refractivity contribution in [3.8, 4) is 0 Å². The van der Waals surface area contributed by atoms with Gasteiger partial charge in [-0.3, -0.25) is 0 Å². The molecule has 0 aromatic heterocycles. The molecule has 0 spiro atoms. The molecule has 1 aromatic carbocycles. The van der Waals surface area contributed by atoms with Gasteiger partial charge in [-0.15, -0.1) is 12.6 Å². The molecule has 0 amide bonds. The molecule has 0 heterocycles. The monoisotopic (exact) mass is 199 g/mol. The molecule has 7 heteroatoms. The first-order valence-electron chi connectivity index (χ1n) is 3.22. The van der Waals surface area contributed by atoms with Gasteiger partial charge in [0.25, 0.3) is 10.7 Å². The third-order valence-electron chi connectivity index (χ3n) is 1.22. The van der Waals surface area contributed by atoms with Gasteiger partial charge in [-0.2, -0.15) is 0 Å². The summed E-state index contributed by atoms with van der Waals surface area (Å²) in [6.45, 7) is 0. The lowest BCUT2D eigenvalue weighted by atomic mass is 10.3. The van der Waals surface area contributed by atoms with Crippen LogP contribution in [0.5, 0.6) is 0 Å². The summed E-state index contributed by atoms with van der Waals surface area (Å²) in [5.41, 5.74) is 0.0921. The van der Waals surface area contributed by atoms with Gasteiger partial charge in [0.05, 0.1) is 0 Å². The molecule has 0 aliphatic carbocycles. The van der Waals surface area contributed by atoms with Gasteiger partial charge < -0.3 is 5.21 Å². The van der Waals surface area contributed by atoms with Crippen molar-refractivity contribution in [1.82, 2.24) is 0 Å². The number of hydrogen-bond donors (Lipinski definition) is 1. The van der Waals surface area contributed by atoms with Gasteiger partial charge in [0.1, 0.15) is 0 Å². The van der Waals surface area contributed by atoms with Crippen molar-refractivity contribution in [1.29, 1.82) is 0 Å². The van der Waals surface area contributed by atoms with Crippen LogP contribution in [0.15, 0.2) is 34.4 Å². The summed E-state index contributed by atoms with van der Waals surface area (Å²) in [7, 11) is 0. The first-order valence-corrected chi connectivity index (χ1v) is 3.66. The summed E-state index contributed by atoms with van der Waals surface area (Å²) in [6.07, 6.45) is 0. The van der Waals surface area contributed by atoms with E-state index in [0.29, 0.717) is 4.90 Å². The Morgan fingerprint density at radius 2 is 1.77 bits per heavy atom. The summed E-state index contributed by atoms with van der Waals surface area (Å²) < 4.78 is 0. The van der Waals surface area contributed by atoms with Crippen molar-refractivity contribution >= 4 is 18.3 Å². The first kappa shape index (κ1) is 9.46. The van der Waals surface area contributed by atoms with Gasteiger partial charge in [0, 0.05) is 21.9 Å². The molecule has 0 N–H and O–H groups in total. The fourth-order valence-electron chi connectivity index (χ4n) is 0.698. The van der Waals surface area contributed by atoms with Crippen LogP contribution in [0.4, 0.5) is 5.69 Å². The van der Waals surface area contributed by atoms with Gasteiger partial charge in [-0.1, -0.05) is 0 Å². The van der Waals surface area contributed by atoms with Crippen molar-refractivity contribution in [3.05, 3.63) is 39.6 Å². The molecular weight excluding hydrogens is 194 g/mol. The number of nitrogens with zero attached hydrogens (tertiary/aromatic N) is 3. The van der Waals surface area contributed by atoms with E-state index < -0.39 is 5.03 Å². The summed E-state index contributed by atoms with van der Waals surface area (Å²) in [5, 5.41) is 22.2. The maximum absolute atomic E-state index is 10.8. The van der Waals surface area contributed by atoms with Crippen LogP contribution in [0.2, 0.25) is 0 Å². The number of hydrogen-bond acceptors (Lipinski definition) is 4. The van der Waals surface area contributed by atoms with E-state index in [2.05, 4.69) is 17.9 Å². The van der Waals surface area contributed by atoms with E-state index in [-0.39, 0.29) is 10.5 Å². The Bertz CT molecular complexity index is 349. The molecule has 0 atom stereocenters. The van der Waals surface area contributed by atoms with Crippen LogP contribution in [-0.4, -0.2) is 9.89 Å². The second-order valence-electron chi connectivity index (χ2n) is 2.12. The Labute approximate surface area is 78.6 Å². The quantitative estimate of drug-likeness (QED) is 0.259. The third-order valence-corrected chi connectivity index (χ3v) is 1.52. The summed E-state index contributed by atoms with van der Waals surface area (Å²) in [5.74, 6) is 0. The minimum atomic E-state index is -1.05. The lowest BCUT2D eigenvalue weighted by Crippen LogP contribution is -1.96. The van der Waals surface area contributed by atoms with Crippen LogP contribution < -0.4 is 0 Å². The zero-order valence-corrected chi connectivity index (χ0v) is 7.22. The topological polar surface area (TPSA) is 81.6 Å². The van der Waals surface area contributed by atoms with Gasteiger partial charge >= 0.3 is 5.22 Å². The van der Waals surface area contributed by atoms with E-state index in [0.717, 1.165) is 0 Å². The first-order chi connectivity index (χ1) is 6.09. The Hall–Kier alpha value is -1.63. The minimum absolute atomic E-state index is 0.0623. The molecular formula is C6H5N3O3S. The van der Waals surface area contributed by atoms with E-state index >= 15 is 0 Å². The van der Waals surface area contributed by atoms with E-state index in [1.165, 1.54) is 12.1 Å². The maximum atomic E-state index is 10.8. The van der Waals surface area contributed by atoms with E-state index in [1.54, 1.807) is 12.1 Å². The molecule has 1 aromatic rings. The Balaban J connectivity index is 2.96. The van der Waals surface area contributed by atoms with Crippen LogP contribution in [0.1, 0.15) is 0 Å². The van der Waals surface area contributed by atoms with E-state index in [1.807, 2.05) is 0 Å². The van der Waals surface area contributed by atoms with Gasteiger partial charge in [0.15, 0.2) is 0 Å². The molecule has 0 aliphatic heterocycles. The highest BCUT2D eigenvalue weighted by Crippen LogP contribution is 2.14. The number of rotatable bonds is 2. The van der Waals surface area contributed by atoms with Crippen molar-refractivity contribution in [3.63, 3.8) is 0 Å². The van der Waals surface area contributed by atoms with Crippen molar-refractivity contribution in [2.45, 2.75) is 4.90 Å². The molecule has 13 heavy (non-hydrogen) atoms. The third kappa shape index (κ3) is 2.71. The maximum Gasteiger partial charge on any atom is 0.349 e. The molecule has 0 fully saturated rings. The van der Waals surface area contributed by atoms with Crippen LogP contribution >= 0.6 is 12.6 Å². The standard InChI is InChI=1S/C6H5N3O3S/c10-8(7-9(11)12)5-1-3-6(13)4-2-5/h1-4,13H/b8-7-.